The lowest BCUT2D eigenvalue weighted by atomic mass is 9.79. The highest BCUT2D eigenvalue weighted by Gasteiger charge is 2.35. The zero-order chi connectivity index (χ0) is 15.9. The molecule has 0 spiro atoms. The molecule has 1 saturated heterocycles. The first-order valence-corrected chi connectivity index (χ1v) is 8.40. The summed E-state index contributed by atoms with van der Waals surface area (Å²) in [6, 6.07) is 12.2. The van der Waals surface area contributed by atoms with Gasteiger partial charge in [-0.3, -0.25) is 4.79 Å². The summed E-state index contributed by atoms with van der Waals surface area (Å²) < 4.78 is 1.05. The number of piperidine rings is 1. The van der Waals surface area contributed by atoms with E-state index >= 15 is 0 Å². The van der Waals surface area contributed by atoms with Gasteiger partial charge in [0.15, 0.2) is 0 Å². The van der Waals surface area contributed by atoms with E-state index in [-0.39, 0.29) is 29.8 Å². The van der Waals surface area contributed by atoms with Crippen LogP contribution in [0.3, 0.4) is 0 Å². The Kier molecular flexibility index (Phi) is 5.39. The molecule has 2 aromatic rings. The van der Waals surface area contributed by atoms with Crippen LogP contribution >= 0.6 is 28.3 Å². The number of carbonyl (C=O) groups is 1. The third-order valence-corrected chi connectivity index (χ3v) is 5.14. The summed E-state index contributed by atoms with van der Waals surface area (Å²) in [4.78, 5) is 14.7. The van der Waals surface area contributed by atoms with Gasteiger partial charge in [0.25, 0.3) is 5.91 Å². The van der Waals surface area contributed by atoms with Gasteiger partial charge in [-0.1, -0.05) is 41.9 Å². The summed E-state index contributed by atoms with van der Waals surface area (Å²) in [5.74, 6) is 0.102. The zero-order valence-electron chi connectivity index (χ0n) is 13.4. The van der Waals surface area contributed by atoms with E-state index in [1.54, 1.807) is 0 Å². The minimum atomic E-state index is -0.0321. The molecule has 0 saturated carbocycles. The number of hydrogen-bond donors (Lipinski definition) is 1. The van der Waals surface area contributed by atoms with Gasteiger partial charge in [0.05, 0.1) is 0 Å². The highest BCUT2D eigenvalue weighted by atomic mass is 79.9. The van der Waals surface area contributed by atoms with Crippen molar-refractivity contribution in [2.45, 2.75) is 26.3 Å². The predicted molar refractivity (Wildman–Crippen MR) is 101 cm³/mol. The number of nitrogens with zero attached hydrogens (tertiary/aromatic N) is 1. The standard InChI is InChI=1S/C18H21BrN2O.ClH/c1-18(2)11-21(8-7-16(18)20)17(22)14-4-3-13-10-15(19)6-5-12(13)9-14;/h3-6,9-10,16H,7-8,11,20H2,1-2H3;1H. The van der Waals surface area contributed by atoms with Gasteiger partial charge in [0, 0.05) is 29.2 Å². The van der Waals surface area contributed by atoms with Gasteiger partial charge in [0.1, 0.15) is 0 Å². The van der Waals surface area contributed by atoms with E-state index < -0.39 is 0 Å². The maximum atomic E-state index is 12.8. The van der Waals surface area contributed by atoms with Crippen LogP contribution in [0.15, 0.2) is 40.9 Å². The summed E-state index contributed by atoms with van der Waals surface area (Å²) in [6.07, 6.45) is 0.860. The van der Waals surface area contributed by atoms with Crippen LogP contribution in [0.25, 0.3) is 10.8 Å². The molecule has 1 fully saturated rings. The Morgan fingerprint density at radius 3 is 2.57 bits per heavy atom. The van der Waals surface area contributed by atoms with Gasteiger partial charge >= 0.3 is 0 Å². The van der Waals surface area contributed by atoms with Crippen molar-refractivity contribution >= 4 is 45.0 Å². The lowest BCUT2D eigenvalue weighted by Crippen LogP contribution is -2.53. The minimum Gasteiger partial charge on any atom is -0.338 e. The number of nitrogens with two attached hydrogens (primary N) is 1. The summed E-state index contributed by atoms with van der Waals surface area (Å²) in [5, 5.41) is 2.22. The molecule has 0 aliphatic carbocycles. The molecule has 0 bridgehead atoms. The van der Waals surface area contributed by atoms with Crippen LogP contribution in [0.2, 0.25) is 0 Å². The molecule has 0 aromatic heterocycles. The van der Waals surface area contributed by atoms with Crippen LogP contribution < -0.4 is 5.73 Å². The van der Waals surface area contributed by atoms with E-state index in [9.17, 15) is 4.79 Å². The second-order valence-electron chi connectivity index (χ2n) is 6.82. The van der Waals surface area contributed by atoms with Crippen molar-refractivity contribution in [2.24, 2.45) is 11.1 Å². The Bertz CT molecular complexity index is 732. The Hall–Kier alpha value is -1.10. The molecule has 2 aromatic carbocycles. The molecular formula is C18H22BrClN2O. The topological polar surface area (TPSA) is 46.3 Å². The summed E-state index contributed by atoms with van der Waals surface area (Å²) in [7, 11) is 0. The van der Waals surface area contributed by atoms with E-state index in [0.717, 1.165) is 33.8 Å². The zero-order valence-corrected chi connectivity index (χ0v) is 15.8. The highest BCUT2D eigenvalue weighted by molar-refractivity contribution is 9.10. The Balaban J connectivity index is 0.00000192. The van der Waals surface area contributed by atoms with Crippen molar-refractivity contribution in [3.8, 4) is 0 Å². The van der Waals surface area contributed by atoms with Crippen LogP contribution in [-0.4, -0.2) is 29.9 Å². The first kappa shape index (κ1) is 18.2. The van der Waals surface area contributed by atoms with E-state index in [0.29, 0.717) is 6.54 Å². The predicted octanol–water partition coefficient (Wildman–Crippen LogP) is 4.22. The minimum absolute atomic E-state index is 0. The van der Waals surface area contributed by atoms with Crippen molar-refractivity contribution in [1.82, 2.24) is 4.90 Å². The molecule has 1 heterocycles. The lowest BCUT2D eigenvalue weighted by molar-refractivity contribution is 0.0533. The largest absolute Gasteiger partial charge is 0.338 e. The quantitative estimate of drug-likeness (QED) is 0.783. The molecular weight excluding hydrogens is 376 g/mol. The Morgan fingerprint density at radius 2 is 1.87 bits per heavy atom. The second kappa shape index (κ2) is 6.80. The number of halogens is 2. The molecule has 1 unspecified atom stereocenters. The first-order chi connectivity index (χ1) is 10.4. The maximum Gasteiger partial charge on any atom is 0.253 e. The molecule has 3 nitrogen and oxygen atoms in total. The van der Waals surface area contributed by atoms with Crippen LogP contribution in [0.4, 0.5) is 0 Å². The lowest BCUT2D eigenvalue weighted by Gasteiger charge is -2.42. The number of carbonyl (C=O) groups excluding carboxylic acids is 1. The van der Waals surface area contributed by atoms with Gasteiger partial charge in [0.2, 0.25) is 0 Å². The van der Waals surface area contributed by atoms with Crippen molar-refractivity contribution in [3.63, 3.8) is 0 Å². The molecule has 5 heteroatoms. The summed E-state index contributed by atoms with van der Waals surface area (Å²) in [5.41, 5.74) is 6.88. The average Bonchev–Trinajstić information content (AvgIpc) is 2.48. The van der Waals surface area contributed by atoms with Gasteiger partial charge < -0.3 is 10.6 Å². The number of rotatable bonds is 1. The number of likely N-dealkylation sites (tertiary alicyclic amines) is 1. The van der Waals surface area contributed by atoms with Crippen molar-refractivity contribution in [1.29, 1.82) is 0 Å². The summed E-state index contributed by atoms with van der Waals surface area (Å²) >= 11 is 3.47. The monoisotopic (exact) mass is 396 g/mol. The fraction of sp³-hybridized carbons (Fsp3) is 0.389. The molecule has 1 aliphatic heterocycles. The van der Waals surface area contributed by atoms with Crippen LogP contribution in [0.1, 0.15) is 30.6 Å². The molecule has 1 amide bonds. The molecule has 23 heavy (non-hydrogen) atoms. The number of benzene rings is 2. The smallest absolute Gasteiger partial charge is 0.253 e. The van der Waals surface area contributed by atoms with Crippen LogP contribution in [0, 0.1) is 5.41 Å². The van der Waals surface area contributed by atoms with Crippen LogP contribution in [-0.2, 0) is 0 Å². The van der Waals surface area contributed by atoms with Crippen molar-refractivity contribution in [2.75, 3.05) is 13.1 Å². The molecule has 1 aliphatic rings. The molecule has 3 rings (SSSR count). The normalized spacial score (nSPS) is 20.2. The fourth-order valence-electron chi connectivity index (χ4n) is 3.08. The van der Waals surface area contributed by atoms with Gasteiger partial charge in [-0.2, -0.15) is 0 Å². The van der Waals surface area contributed by atoms with E-state index in [2.05, 4.69) is 35.8 Å². The van der Waals surface area contributed by atoms with Gasteiger partial charge in [-0.25, -0.2) is 0 Å². The molecule has 2 N–H and O–H groups in total. The summed E-state index contributed by atoms with van der Waals surface area (Å²) in [6.45, 7) is 5.72. The third kappa shape index (κ3) is 3.70. The molecule has 1 atom stereocenters. The fourth-order valence-corrected chi connectivity index (χ4v) is 3.46. The van der Waals surface area contributed by atoms with E-state index in [1.165, 1.54) is 0 Å². The second-order valence-corrected chi connectivity index (χ2v) is 7.73. The van der Waals surface area contributed by atoms with Gasteiger partial charge in [-0.15, -0.1) is 12.4 Å². The van der Waals surface area contributed by atoms with Gasteiger partial charge in [-0.05, 0) is 46.9 Å². The number of hydrogen-bond acceptors (Lipinski definition) is 2. The van der Waals surface area contributed by atoms with Crippen molar-refractivity contribution in [3.05, 3.63) is 46.4 Å². The number of amides is 1. The number of fused-ring (bicyclic) bond motifs is 1. The highest BCUT2D eigenvalue weighted by Crippen LogP contribution is 2.29. The SMILES string of the molecule is CC1(C)CN(C(=O)c2ccc3cc(Br)ccc3c2)CCC1N.Cl. The maximum absolute atomic E-state index is 12.8. The van der Waals surface area contributed by atoms with Crippen molar-refractivity contribution < 1.29 is 4.79 Å². The average molecular weight is 398 g/mol. The van der Waals surface area contributed by atoms with Crippen LogP contribution in [0.5, 0.6) is 0 Å². The van der Waals surface area contributed by atoms with E-state index in [4.69, 9.17) is 5.73 Å². The Labute approximate surface area is 151 Å². The molecule has 124 valence electrons. The molecule has 0 radical (unpaired) electrons. The third-order valence-electron chi connectivity index (χ3n) is 4.65. The first-order valence-electron chi connectivity index (χ1n) is 7.61. The Morgan fingerprint density at radius 1 is 1.22 bits per heavy atom. The van der Waals surface area contributed by atoms with E-state index in [1.807, 2.05) is 35.2 Å².